The Morgan fingerprint density at radius 1 is 1.31 bits per heavy atom. The molecule has 0 saturated carbocycles. The molecular weight excluding hydrogens is 204 g/mol. The number of rotatable bonds is 6. The van der Waals surface area contributed by atoms with Crippen LogP contribution < -0.4 is 10.6 Å². The molecule has 2 amide bonds. The van der Waals surface area contributed by atoms with Gasteiger partial charge < -0.3 is 10.6 Å². The molecule has 0 radical (unpaired) electrons. The van der Waals surface area contributed by atoms with Crippen LogP contribution in [0.2, 0.25) is 0 Å². The van der Waals surface area contributed by atoms with E-state index in [1.807, 2.05) is 13.8 Å². The monoisotopic (exact) mass is 228 g/mol. The molecule has 0 bridgehead atoms. The topological polar surface area (TPSA) is 58.2 Å². The summed E-state index contributed by atoms with van der Waals surface area (Å²) in [6.07, 6.45) is 1.36. The van der Waals surface area contributed by atoms with Gasteiger partial charge in [0.25, 0.3) is 0 Å². The normalized spacial score (nSPS) is 13.1. The molecule has 0 aliphatic carbocycles. The van der Waals surface area contributed by atoms with Gasteiger partial charge in [0.15, 0.2) is 0 Å². The van der Waals surface area contributed by atoms with Crippen LogP contribution in [-0.2, 0) is 9.59 Å². The van der Waals surface area contributed by atoms with Crippen molar-refractivity contribution >= 4 is 11.8 Å². The summed E-state index contributed by atoms with van der Waals surface area (Å²) in [7, 11) is 0. The van der Waals surface area contributed by atoms with Crippen molar-refractivity contribution in [2.75, 3.05) is 6.54 Å². The van der Waals surface area contributed by atoms with Crippen molar-refractivity contribution in [1.82, 2.24) is 10.6 Å². The zero-order valence-corrected chi connectivity index (χ0v) is 11.0. The molecule has 0 spiro atoms. The lowest BCUT2D eigenvalue weighted by Gasteiger charge is -2.28. The third-order valence-electron chi connectivity index (χ3n) is 2.39. The Labute approximate surface area is 98.2 Å². The zero-order valence-electron chi connectivity index (χ0n) is 11.0. The lowest BCUT2D eigenvalue weighted by Crippen LogP contribution is -2.39. The van der Waals surface area contributed by atoms with Crippen LogP contribution in [0.1, 0.15) is 47.5 Å². The highest BCUT2D eigenvalue weighted by Crippen LogP contribution is 2.21. The van der Waals surface area contributed by atoms with Crippen LogP contribution in [-0.4, -0.2) is 24.4 Å². The smallest absolute Gasteiger partial charge is 0.219 e. The molecule has 0 heterocycles. The minimum atomic E-state index is -0.0131. The molecule has 1 atom stereocenters. The van der Waals surface area contributed by atoms with Gasteiger partial charge >= 0.3 is 0 Å². The van der Waals surface area contributed by atoms with Crippen LogP contribution in [0.15, 0.2) is 0 Å². The number of hydrogen-bond acceptors (Lipinski definition) is 2. The molecule has 0 fully saturated rings. The van der Waals surface area contributed by atoms with Crippen LogP contribution in [0.5, 0.6) is 0 Å². The van der Waals surface area contributed by atoms with Crippen LogP contribution in [0.4, 0.5) is 0 Å². The first-order valence-electron chi connectivity index (χ1n) is 5.80. The van der Waals surface area contributed by atoms with Gasteiger partial charge in [0.05, 0.1) is 0 Å². The minimum Gasteiger partial charge on any atom is -0.356 e. The van der Waals surface area contributed by atoms with Gasteiger partial charge in [-0.1, -0.05) is 20.8 Å². The molecule has 94 valence electrons. The molecule has 0 aromatic heterocycles. The third-order valence-corrected chi connectivity index (χ3v) is 2.39. The van der Waals surface area contributed by atoms with E-state index in [0.717, 1.165) is 6.42 Å². The Kier molecular flexibility index (Phi) is 6.08. The van der Waals surface area contributed by atoms with Gasteiger partial charge in [0.2, 0.25) is 11.8 Å². The van der Waals surface area contributed by atoms with E-state index in [2.05, 4.69) is 24.5 Å². The lowest BCUT2D eigenvalue weighted by molar-refractivity contribution is -0.122. The van der Waals surface area contributed by atoms with Crippen LogP contribution in [0.3, 0.4) is 0 Å². The van der Waals surface area contributed by atoms with Crippen molar-refractivity contribution in [1.29, 1.82) is 0 Å². The van der Waals surface area contributed by atoms with Crippen molar-refractivity contribution in [2.45, 2.75) is 53.5 Å². The van der Waals surface area contributed by atoms with Crippen molar-refractivity contribution in [3.8, 4) is 0 Å². The summed E-state index contributed by atoms with van der Waals surface area (Å²) >= 11 is 0. The second kappa shape index (κ2) is 6.51. The number of amides is 2. The Balaban J connectivity index is 4.02. The van der Waals surface area contributed by atoms with Crippen molar-refractivity contribution in [2.24, 2.45) is 5.41 Å². The molecule has 2 N–H and O–H groups in total. The molecule has 0 aromatic rings. The minimum absolute atomic E-state index is 0.00725. The highest BCUT2D eigenvalue weighted by atomic mass is 16.2. The number of nitrogens with one attached hydrogen (secondary N) is 2. The zero-order chi connectivity index (χ0) is 12.8. The summed E-state index contributed by atoms with van der Waals surface area (Å²) in [6.45, 7) is 10.1. The first-order valence-corrected chi connectivity index (χ1v) is 5.80. The summed E-state index contributed by atoms with van der Waals surface area (Å²) in [5.41, 5.74) is -0.00725. The largest absolute Gasteiger partial charge is 0.356 e. The van der Waals surface area contributed by atoms with Gasteiger partial charge in [-0.15, -0.1) is 0 Å². The number of hydrogen-bond donors (Lipinski definition) is 2. The van der Waals surface area contributed by atoms with E-state index in [1.54, 1.807) is 0 Å². The molecule has 0 rings (SSSR count). The lowest BCUT2D eigenvalue weighted by atomic mass is 9.86. The van der Waals surface area contributed by atoms with E-state index in [9.17, 15) is 9.59 Å². The maximum atomic E-state index is 11.1. The summed E-state index contributed by atoms with van der Waals surface area (Å²) in [4.78, 5) is 22.0. The fourth-order valence-electron chi connectivity index (χ4n) is 1.76. The van der Waals surface area contributed by atoms with E-state index in [4.69, 9.17) is 0 Å². The third kappa shape index (κ3) is 7.26. The average Bonchev–Trinajstić information content (AvgIpc) is 2.11. The number of carbonyl (C=O) groups is 2. The summed E-state index contributed by atoms with van der Waals surface area (Å²) < 4.78 is 0. The van der Waals surface area contributed by atoms with Crippen LogP contribution >= 0.6 is 0 Å². The van der Waals surface area contributed by atoms with Gasteiger partial charge in [-0.05, 0) is 18.8 Å². The molecule has 4 heteroatoms. The van der Waals surface area contributed by atoms with E-state index in [0.29, 0.717) is 13.0 Å². The summed E-state index contributed by atoms with van der Waals surface area (Å²) in [6, 6.07) is 0.131. The Morgan fingerprint density at radius 2 is 1.88 bits per heavy atom. The van der Waals surface area contributed by atoms with Crippen molar-refractivity contribution < 1.29 is 9.59 Å². The van der Waals surface area contributed by atoms with Crippen molar-refractivity contribution in [3.63, 3.8) is 0 Å². The Hall–Kier alpha value is -1.06. The summed E-state index contributed by atoms with van der Waals surface area (Å²) in [5.74, 6) is 0.0566. The van der Waals surface area contributed by atoms with E-state index in [1.165, 1.54) is 6.92 Å². The molecule has 4 nitrogen and oxygen atoms in total. The first kappa shape index (κ1) is 14.9. The second-order valence-corrected chi connectivity index (χ2v) is 5.10. The molecular formula is C12H24N2O2. The van der Waals surface area contributed by atoms with Crippen molar-refractivity contribution in [3.05, 3.63) is 0 Å². The van der Waals surface area contributed by atoms with Gasteiger partial charge in [0.1, 0.15) is 0 Å². The SMILES string of the molecule is CCC(=O)NCC(C)(C)CC(C)NC(C)=O. The van der Waals surface area contributed by atoms with Crippen LogP contribution in [0, 0.1) is 5.41 Å². The molecule has 0 saturated heterocycles. The maximum absolute atomic E-state index is 11.1. The average molecular weight is 228 g/mol. The van der Waals surface area contributed by atoms with Gasteiger partial charge in [-0.25, -0.2) is 0 Å². The van der Waals surface area contributed by atoms with Gasteiger partial charge in [0, 0.05) is 25.9 Å². The highest BCUT2D eigenvalue weighted by Gasteiger charge is 2.22. The standard InChI is InChI=1S/C12H24N2O2/c1-6-11(16)13-8-12(4,5)7-9(2)14-10(3)15/h9H,6-8H2,1-5H3,(H,13,16)(H,14,15). The van der Waals surface area contributed by atoms with Gasteiger partial charge in [-0.3, -0.25) is 9.59 Å². The van der Waals surface area contributed by atoms with E-state index >= 15 is 0 Å². The first-order chi connectivity index (χ1) is 7.26. The maximum Gasteiger partial charge on any atom is 0.219 e. The predicted octanol–water partition coefficient (Wildman–Crippen LogP) is 1.45. The molecule has 0 aromatic carbocycles. The Morgan fingerprint density at radius 3 is 2.31 bits per heavy atom. The van der Waals surface area contributed by atoms with Crippen LogP contribution in [0.25, 0.3) is 0 Å². The fraction of sp³-hybridized carbons (Fsp3) is 0.833. The second-order valence-electron chi connectivity index (χ2n) is 5.10. The molecule has 16 heavy (non-hydrogen) atoms. The van der Waals surface area contributed by atoms with E-state index in [-0.39, 0.29) is 23.3 Å². The molecule has 1 unspecified atom stereocenters. The predicted molar refractivity (Wildman–Crippen MR) is 65.0 cm³/mol. The molecule has 0 aliphatic rings. The molecule has 0 aliphatic heterocycles. The van der Waals surface area contributed by atoms with Gasteiger partial charge in [-0.2, -0.15) is 0 Å². The Bertz CT molecular complexity index is 249. The highest BCUT2D eigenvalue weighted by molar-refractivity contribution is 5.75. The van der Waals surface area contributed by atoms with E-state index < -0.39 is 0 Å². The summed E-state index contributed by atoms with van der Waals surface area (Å²) in [5, 5.41) is 5.73. The number of carbonyl (C=O) groups excluding carboxylic acids is 2. The quantitative estimate of drug-likeness (QED) is 0.723. The fourth-order valence-corrected chi connectivity index (χ4v) is 1.76.